The van der Waals surface area contributed by atoms with Crippen LogP contribution in [0.4, 0.5) is 0 Å². The highest BCUT2D eigenvalue weighted by atomic mass is 16.5. The lowest BCUT2D eigenvalue weighted by atomic mass is 9.61. The summed E-state index contributed by atoms with van der Waals surface area (Å²) < 4.78 is 5.03. The molecular formula is C14H25NO2. The number of ether oxygens (including phenoxy) is 1. The number of methoxy groups -OCH3 is 1. The van der Waals surface area contributed by atoms with Crippen molar-refractivity contribution >= 4 is 0 Å². The minimum atomic E-state index is -0.934. The van der Waals surface area contributed by atoms with Crippen LogP contribution in [0.3, 0.4) is 0 Å². The molecule has 98 valence electrons. The SMILES string of the molecule is CCC1CCC(C#N)(C(C)(O)CCOC)CC1. The quantitative estimate of drug-likeness (QED) is 0.802. The van der Waals surface area contributed by atoms with Gasteiger partial charge in [-0.05, 0) is 38.5 Å². The Balaban J connectivity index is 2.73. The molecule has 3 heteroatoms. The van der Waals surface area contributed by atoms with E-state index in [0.717, 1.165) is 31.6 Å². The zero-order valence-electron chi connectivity index (χ0n) is 11.3. The highest BCUT2D eigenvalue weighted by Crippen LogP contribution is 2.48. The van der Waals surface area contributed by atoms with Gasteiger partial charge < -0.3 is 9.84 Å². The van der Waals surface area contributed by atoms with E-state index in [-0.39, 0.29) is 0 Å². The number of rotatable bonds is 5. The van der Waals surface area contributed by atoms with E-state index in [1.54, 1.807) is 14.0 Å². The Bertz CT molecular complexity index is 272. The lowest BCUT2D eigenvalue weighted by molar-refractivity contribution is -0.0802. The molecule has 0 radical (unpaired) electrons. The van der Waals surface area contributed by atoms with Crippen molar-refractivity contribution in [3.8, 4) is 6.07 Å². The van der Waals surface area contributed by atoms with Gasteiger partial charge in [-0.3, -0.25) is 0 Å². The largest absolute Gasteiger partial charge is 0.388 e. The first-order chi connectivity index (χ1) is 8.01. The molecule has 0 saturated heterocycles. The second-order valence-electron chi connectivity index (χ2n) is 5.56. The molecule has 1 saturated carbocycles. The molecule has 0 aromatic carbocycles. The van der Waals surface area contributed by atoms with Crippen LogP contribution in [0.2, 0.25) is 0 Å². The van der Waals surface area contributed by atoms with E-state index in [1.165, 1.54) is 6.42 Å². The van der Waals surface area contributed by atoms with E-state index in [1.807, 2.05) is 0 Å². The second kappa shape index (κ2) is 5.84. The molecule has 1 rings (SSSR count). The summed E-state index contributed by atoms with van der Waals surface area (Å²) in [6, 6.07) is 2.41. The summed E-state index contributed by atoms with van der Waals surface area (Å²) in [4.78, 5) is 0. The second-order valence-corrected chi connectivity index (χ2v) is 5.56. The minimum absolute atomic E-state index is 0.508. The molecule has 0 bridgehead atoms. The Morgan fingerprint density at radius 1 is 1.47 bits per heavy atom. The zero-order valence-corrected chi connectivity index (χ0v) is 11.3. The third-order valence-electron chi connectivity index (χ3n) is 4.57. The van der Waals surface area contributed by atoms with Crippen molar-refractivity contribution in [3.05, 3.63) is 0 Å². The van der Waals surface area contributed by atoms with Crippen LogP contribution in [0.15, 0.2) is 0 Å². The molecule has 1 unspecified atom stereocenters. The smallest absolute Gasteiger partial charge is 0.0858 e. The third kappa shape index (κ3) is 3.00. The first kappa shape index (κ1) is 14.5. The van der Waals surface area contributed by atoms with Gasteiger partial charge in [0, 0.05) is 20.1 Å². The van der Waals surface area contributed by atoms with E-state index in [9.17, 15) is 10.4 Å². The predicted octanol–water partition coefficient (Wildman–Crippen LogP) is 2.88. The number of aliphatic hydroxyl groups is 1. The maximum Gasteiger partial charge on any atom is 0.0858 e. The maximum atomic E-state index is 10.6. The lowest BCUT2D eigenvalue weighted by Gasteiger charge is -2.44. The Kier molecular flexibility index (Phi) is 4.97. The molecule has 0 aromatic rings. The van der Waals surface area contributed by atoms with Crippen molar-refractivity contribution in [1.82, 2.24) is 0 Å². The van der Waals surface area contributed by atoms with Crippen LogP contribution < -0.4 is 0 Å². The first-order valence-corrected chi connectivity index (χ1v) is 6.64. The third-order valence-corrected chi connectivity index (χ3v) is 4.57. The summed E-state index contributed by atoms with van der Waals surface area (Å²) in [6.45, 7) is 4.50. The molecule has 0 amide bonds. The highest BCUT2D eigenvalue weighted by molar-refractivity contribution is 5.11. The van der Waals surface area contributed by atoms with E-state index in [0.29, 0.717) is 13.0 Å². The van der Waals surface area contributed by atoms with E-state index < -0.39 is 11.0 Å². The van der Waals surface area contributed by atoms with Gasteiger partial charge in [-0.1, -0.05) is 13.3 Å². The minimum Gasteiger partial charge on any atom is -0.388 e. The standard InChI is InChI=1S/C14H25NO2/c1-4-12-5-7-14(11-15,8-6-12)13(2,16)9-10-17-3/h12,16H,4-10H2,1-3H3. The average Bonchev–Trinajstić information content (AvgIpc) is 2.36. The van der Waals surface area contributed by atoms with Crippen molar-refractivity contribution < 1.29 is 9.84 Å². The van der Waals surface area contributed by atoms with Crippen LogP contribution >= 0.6 is 0 Å². The molecule has 1 aliphatic carbocycles. The summed E-state index contributed by atoms with van der Waals surface area (Å²) in [6.07, 6.45) is 5.48. The predicted molar refractivity (Wildman–Crippen MR) is 67.4 cm³/mol. The van der Waals surface area contributed by atoms with Crippen LogP contribution in [-0.2, 0) is 4.74 Å². The molecule has 0 heterocycles. The lowest BCUT2D eigenvalue weighted by Crippen LogP contribution is -2.48. The van der Waals surface area contributed by atoms with Crippen LogP contribution in [0, 0.1) is 22.7 Å². The normalized spacial score (nSPS) is 32.8. The fraction of sp³-hybridized carbons (Fsp3) is 0.929. The highest BCUT2D eigenvalue weighted by Gasteiger charge is 2.48. The molecular weight excluding hydrogens is 214 g/mol. The van der Waals surface area contributed by atoms with Gasteiger partial charge in [-0.25, -0.2) is 0 Å². The summed E-state index contributed by atoms with van der Waals surface area (Å²) >= 11 is 0. The monoisotopic (exact) mass is 239 g/mol. The number of nitriles is 1. The van der Waals surface area contributed by atoms with Gasteiger partial charge in [0.15, 0.2) is 0 Å². The summed E-state index contributed by atoms with van der Waals surface area (Å²) in [7, 11) is 1.63. The molecule has 1 atom stereocenters. The Morgan fingerprint density at radius 2 is 2.06 bits per heavy atom. The van der Waals surface area contributed by atoms with Gasteiger partial charge >= 0.3 is 0 Å². The van der Waals surface area contributed by atoms with Crippen molar-refractivity contribution in [2.75, 3.05) is 13.7 Å². The van der Waals surface area contributed by atoms with Crippen molar-refractivity contribution in [3.63, 3.8) is 0 Å². The van der Waals surface area contributed by atoms with Crippen LogP contribution in [-0.4, -0.2) is 24.4 Å². The molecule has 0 spiro atoms. The molecule has 1 aliphatic rings. The number of hydrogen-bond donors (Lipinski definition) is 1. The van der Waals surface area contributed by atoms with Crippen molar-refractivity contribution in [1.29, 1.82) is 5.26 Å². The molecule has 1 N–H and O–H groups in total. The van der Waals surface area contributed by atoms with Crippen molar-refractivity contribution in [2.24, 2.45) is 11.3 Å². The van der Waals surface area contributed by atoms with E-state index in [4.69, 9.17) is 4.74 Å². The van der Waals surface area contributed by atoms with E-state index >= 15 is 0 Å². The maximum absolute atomic E-state index is 10.6. The first-order valence-electron chi connectivity index (χ1n) is 6.64. The topological polar surface area (TPSA) is 53.2 Å². The van der Waals surface area contributed by atoms with Crippen LogP contribution in [0.25, 0.3) is 0 Å². The molecule has 17 heavy (non-hydrogen) atoms. The van der Waals surface area contributed by atoms with Gasteiger partial charge in [-0.15, -0.1) is 0 Å². The summed E-state index contributed by atoms with van der Waals surface area (Å²) in [5, 5.41) is 20.1. The van der Waals surface area contributed by atoms with Gasteiger partial charge in [0.25, 0.3) is 0 Å². The zero-order chi connectivity index (χ0) is 12.9. The van der Waals surface area contributed by atoms with Gasteiger partial charge in [0.1, 0.15) is 0 Å². The van der Waals surface area contributed by atoms with Crippen molar-refractivity contribution in [2.45, 2.75) is 58.0 Å². The Hall–Kier alpha value is -0.590. The number of hydrogen-bond acceptors (Lipinski definition) is 3. The molecule has 0 aromatic heterocycles. The molecule has 0 aliphatic heterocycles. The number of nitrogens with zero attached hydrogens (tertiary/aromatic N) is 1. The summed E-state index contributed by atoms with van der Waals surface area (Å²) in [5.74, 6) is 0.731. The van der Waals surface area contributed by atoms with Crippen LogP contribution in [0.5, 0.6) is 0 Å². The van der Waals surface area contributed by atoms with Gasteiger partial charge in [-0.2, -0.15) is 5.26 Å². The Morgan fingerprint density at radius 3 is 2.47 bits per heavy atom. The fourth-order valence-corrected chi connectivity index (χ4v) is 2.89. The average molecular weight is 239 g/mol. The fourth-order valence-electron chi connectivity index (χ4n) is 2.89. The van der Waals surface area contributed by atoms with Crippen LogP contribution in [0.1, 0.15) is 52.4 Å². The Labute approximate surface area is 105 Å². The van der Waals surface area contributed by atoms with E-state index in [2.05, 4.69) is 13.0 Å². The molecule has 3 nitrogen and oxygen atoms in total. The van der Waals surface area contributed by atoms with Gasteiger partial charge in [0.2, 0.25) is 0 Å². The summed E-state index contributed by atoms with van der Waals surface area (Å²) in [5.41, 5.74) is -1.51. The van der Waals surface area contributed by atoms with Gasteiger partial charge in [0.05, 0.1) is 17.1 Å². The molecule has 1 fully saturated rings.